The third-order valence-electron chi connectivity index (χ3n) is 5.61. The Hall–Kier alpha value is -2.72. The first-order chi connectivity index (χ1) is 14.5. The number of amides is 1. The third-order valence-corrected chi connectivity index (χ3v) is 6.03. The first kappa shape index (κ1) is 20.5. The number of rotatable bonds is 7. The Kier molecular flexibility index (Phi) is 6.14. The minimum absolute atomic E-state index is 0.0882. The van der Waals surface area contributed by atoms with Gasteiger partial charge in [0, 0.05) is 22.4 Å². The molecule has 154 valence electrons. The molecule has 1 atom stereocenters. The molecule has 0 spiro atoms. The normalized spacial score (nSPS) is 17.8. The highest BCUT2D eigenvalue weighted by Gasteiger charge is 2.31. The van der Waals surface area contributed by atoms with Gasteiger partial charge in [-0.3, -0.25) is 4.79 Å². The molecule has 0 aromatic heterocycles. The number of aliphatic imine (C=N–C) groups is 2. The van der Waals surface area contributed by atoms with Crippen LogP contribution in [-0.4, -0.2) is 23.5 Å². The SMILES string of the molecule is Cc1ccc(C2=NC3=CC(=O)NC3C(CCCCCc3ccc(Cl)c(C)c3)=N2)cc1. The number of unbranched alkanes of at least 4 members (excludes halogenated alkanes) is 2. The molecule has 4 rings (SSSR count). The average Bonchev–Trinajstić information content (AvgIpc) is 3.11. The fourth-order valence-corrected chi connectivity index (χ4v) is 4.00. The molecule has 2 aliphatic rings. The Morgan fingerprint density at radius 1 is 0.967 bits per heavy atom. The second kappa shape index (κ2) is 8.97. The Morgan fingerprint density at radius 3 is 2.50 bits per heavy atom. The molecule has 2 aliphatic heterocycles. The molecule has 0 saturated carbocycles. The van der Waals surface area contributed by atoms with Crippen LogP contribution < -0.4 is 5.32 Å². The van der Waals surface area contributed by atoms with E-state index in [1.807, 2.05) is 25.1 Å². The van der Waals surface area contributed by atoms with Crippen molar-refractivity contribution in [2.75, 3.05) is 0 Å². The van der Waals surface area contributed by atoms with E-state index in [2.05, 4.69) is 41.5 Å². The molecule has 4 nitrogen and oxygen atoms in total. The zero-order chi connectivity index (χ0) is 21.1. The predicted molar refractivity (Wildman–Crippen MR) is 124 cm³/mol. The molecule has 0 radical (unpaired) electrons. The van der Waals surface area contributed by atoms with Gasteiger partial charge in [-0.1, -0.05) is 60.0 Å². The van der Waals surface area contributed by atoms with E-state index in [1.165, 1.54) is 11.1 Å². The van der Waals surface area contributed by atoms with Crippen molar-refractivity contribution in [1.29, 1.82) is 0 Å². The average molecular weight is 420 g/mol. The fraction of sp³-hybridized carbons (Fsp3) is 0.320. The lowest BCUT2D eigenvalue weighted by molar-refractivity contribution is -0.115. The molecule has 1 amide bonds. The van der Waals surface area contributed by atoms with Crippen LogP contribution in [0.3, 0.4) is 0 Å². The maximum Gasteiger partial charge on any atom is 0.246 e. The van der Waals surface area contributed by atoms with Gasteiger partial charge < -0.3 is 5.32 Å². The molecule has 0 saturated heterocycles. The molecule has 0 aliphatic carbocycles. The quantitative estimate of drug-likeness (QED) is 0.605. The molecule has 2 aromatic carbocycles. The smallest absolute Gasteiger partial charge is 0.246 e. The number of fused-ring (bicyclic) bond motifs is 1. The lowest BCUT2D eigenvalue weighted by atomic mass is 9.99. The molecule has 1 unspecified atom stereocenters. The third kappa shape index (κ3) is 4.71. The minimum atomic E-state index is -0.175. The van der Waals surface area contributed by atoms with Gasteiger partial charge in [-0.05, 0) is 56.7 Å². The van der Waals surface area contributed by atoms with Crippen molar-refractivity contribution in [3.63, 3.8) is 0 Å². The monoisotopic (exact) mass is 419 g/mol. The van der Waals surface area contributed by atoms with Crippen LogP contribution in [0.25, 0.3) is 0 Å². The number of hydrogen-bond acceptors (Lipinski definition) is 3. The number of nitrogens with one attached hydrogen (secondary N) is 1. The van der Waals surface area contributed by atoms with E-state index in [4.69, 9.17) is 16.6 Å². The van der Waals surface area contributed by atoms with Gasteiger partial charge in [0.25, 0.3) is 0 Å². The van der Waals surface area contributed by atoms with E-state index in [9.17, 15) is 4.79 Å². The van der Waals surface area contributed by atoms with Crippen LogP contribution in [0, 0.1) is 13.8 Å². The first-order valence-corrected chi connectivity index (χ1v) is 10.9. The van der Waals surface area contributed by atoms with E-state index >= 15 is 0 Å². The van der Waals surface area contributed by atoms with Crippen molar-refractivity contribution in [3.05, 3.63) is 81.5 Å². The standard InChI is InChI=1S/C25H26ClN3O/c1-16-8-11-19(12-9-16)25-27-21(24-22(28-25)15-23(30)29-24)7-5-3-4-6-18-10-13-20(26)17(2)14-18/h8-15,24H,3-7H2,1-2H3,(H,29,30). The van der Waals surface area contributed by atoms with Crippen LogP contribution in [0.4, 0.5) is 0 Å². The largest absolute Gasteiger partial charge is 0.339 e. The molecule has 30 heavy (non-hydrogen) atoms. The number of halogens is 1. The lowest BCUT2D eigenvalue weighted by Gasteiger charge is -2.21. The summed E-state index contributed by atoms with van der Waals surface area (Å²) >= 11 is 6.11. The topological polar surface area (TPSA) is 53.8 Å². The van der Waals surface area contributed by atoms with Crippen molar-refractivity contribution in [2.45, 2.75) is 52.0 Å². The summed E-state index contributed by atoms with van der Waals surface area (Å²) in [4.78, 5) is 21.4. The van der Waals surface area contributed by atoms with E-state index in [0.717, 1.165) is 59.7 Å². The number of carbonyl (C=O) groups is 1. The van der Waals surface area contributed by atoms with Crippen molar-refractivity contribution in [3.8, 4) is 0 Å². The number of amidine groups is 1. The Labute approximate surface area is 182 Å². The van der Waals surface area contributed by atoms with E-state index < -0.39 is 0 Å². The Balaban J connectivity index is 1.38. The van der Waals surface area contributed by atoms with Gasteiger partial charge in [-0.15, -0.1) is 0 Å². The minimum Gasteiger partial charge on any atom is -0.339 e. The Bertz CT molecular complexity index is 1050. The van der Waals surface area contributed by atoms with E-state index in [0.29, 0.717) is 5.84 Å². The molecule has 0 bridgehead atoms. The summed E-state index contributed by atoms with van der Waals surface area (Å²) in [5.41, 5.74) is 6.41. The van der Waals surface area contributed by atoms with Crippen molar-refractivity contribution < 1.29 is 4.79 Å². The van der Waals surface area contributed by atoms with Gasteiger partial charge in [0.15, 0.2) is 5.84 Å². The number of hydrogen-bond donors (Lipinski definition) is 1. The molecule has 0 fully saturated rings. The Morgan fingerprint density at radius 2 is 1.73 bits per heavy atom. The number of nitrogens with zero attached hydrogens (tertiary/aromatic N) is 2. The van der Waals surface area contributed by atoms with Gasteiger partial charge >= 0.3 is 0 Å². The zero-order valence-corrected chi connectivity index (χ0v) is 18.2. The summed E-state index contributed by atoms with van der Waals surface area (Å²) in [5, 5.41) is 3.81. The summed E-state index contributed by atoms with van der Waals surface area (Å²) in [6.45, 7) is 4.10. The van der Waals surface area contributed by atoms with Crippen LogP contribution in [0.15, 0.2) is 64.2 Å². The second-order valence-corrected chi connectivity index (χ2v) is 8.47. The molecule has 1 N–H and O–H groups in total. The van der Waals surface area contributed by atoms with Crippen molar-refractivity contribution in [2.24, 2.45) is 9.98 Å². The predicted octanol–water partition coefficient (Wildman–Crippen LogP) is 5.34. The number of benzene rings is 2. The van der Waals surface area contributed by atoms with Crippen LogP contribution in [0.1, 0.15) is 47.9 Å². The number of carbonyl (C=O) groups excluding carboxylic acids is 1. The van der Waals surface area contributed by atoms with Crippen LogP contribution >= 0.6 is 11.6 Å². The summed E-state index contributed by atoms with van der Waals surface area (Å²) in [6, 6.07) is 14.3. The van der Waals surface area contributed by atoms with Crippen LogP contribution in [0.2, 0.25) is 5.02 Å². The van der Waals surface area contributed by atoms with Gasteiger partial charge in [0.1, 0.15) is 6.04 Å². The van der Waals surface area contributed by atoms with Gasteiger partial charge in [0.05, 0.1) is 5.70 Å². The van der Waals surface area contributed by atoms with Crippen molar-refractivity contribution >= 4 is 29.1 Å². The van der Waals surface area contributed by atoms with E-state index in [1.54, 1.807) is 6.08 Å². The molecule has 5 heteroatoms. The summed E-state index contributed by atoms with van der Waals surface area (Å²) < 4.78 is 0. The zero-order valence-electron chi connectivity index (χ0n) is 17.4. The fourth-order valence-electron chi connectivity index (χ4n) is 3.88. The number of aryl methyl sites for hydroxylation is 3. The van der Waals surface area contributed by atoms with Gasteiger partial charge in [0.2, 0.25) is 5.91 Å². The van der Waals surface area contributed by atoms with Crippen molar-refractivity contribution in [1.82, 2.24) is 5.32 Å². The van der Waals surface area contributed by atoms with Crippen LogP contribution in [-0.2, 0) is 11.2 Å². The summed E-state index contributed by atoms with van der Waals surface area (Å²) in [6.07, 6.45) is 6.76. The highest BCUT2D eigenvalue weighted by Crippen LogP contribution is 2.24. The maximum absolute atomic E-state index is 11.9. The molecule has 2 heterocycles. The first-order valence-electron chi connectivity index (χ1n) is 10.5. The highest BCUT2D eigenvalue weighted by atomic mass is 35.5. The van der Waals surface area contributed by atoms with E-state index in [-0.39, 0.29) is 11.9 Å². The summed E-state index contributed by atoms with van der Waals surface area (Å²) in [7, 11) is 0. The van der Waals surface area contributed by atoms with Gasteiger partial charge in [-0.2, -0.15) is 0 Å². The molecule has 2 aromatic rings. The molecular weight excluding hydrogens is 394 g/mol. The lowest BCUT2D eigenvalue weighted by Crippen LogP contribution is -2.38. The summed E-state index contributed by atoms with van der Waals surface area (Å²) in [5.74, 6) is 0.607. The maximum atomic E-state index is 11.9. The molecular formula is C25H26ClN3O. The van der Waals surface area contributed by atoms with Gasteiger partial charge in [-0.25, -0.2) is 9.98 Å². The highest BCUT2D eigenvalue weighted by molar-refractivity contribution is 6.31. The second-order valence-electron chi connectivity index (χ2n) is 8.06. The van der Waals surface area contributed by atoms with Crippen LogP contribution in [0.5, 0.6) is 0 Å².